The molecule has 1 aliphatic rings. The lowest BCUT2D eigenvalue weighted by Crippen LogP contribution is -2.31. The van der Waals surface area contributed by atoms with Crippen LogP contribution >= 0.6 is 0 Å². The number of hydrogen-bond acceptors (Lipinski definition) is 6. The molecule has 136 valence electrons. The Balaban J connectivity index is 1.75. The second-order valence-corrected chi connectivity index (χ2v) is 6.11. The summed E-state index contributed by atoms with van der Waals surface area (Å²) in [5, 5.41) is 17.9. The summed E-state index contributed by atoms with van der Waals surface area (Å²) in [4.78, 5) is 13.1. The summed E-state index contributed by atoms with van der Waals surface area (Å²) in [6, 6.07) is 16.4. The van der Waals surface area contributed by atoms with Gasteiger partial charge in [-0.15, -0.1) is 0 Å². The summed E-state index contributed by atoms with van der Waals surface area (Å²) in [5.74, 6) is 1.01. The van der Waals surface area contributed by atoms with E-state index in [1.54, 1.807) is 11.8 Å². The number of ether oxygens (including phenoxy) is 1. The maximum absolute atomic E-state index is 13.1. The number of anilines is 2. The maximum atomic E-state index is 13.1. The Labute approximate surface area is 155 Å². The Morgan fingerprint density at radius 3 is 2.59 bits per heavy atom. The van der Waals surface area contributed by atoms with Gasteiger partial charge >= 0.3 is 0 Å². The van der Waals surface area contributed by atoms with Gasteiger partial charge in [0.1, 0.15) is 11.8 Å². The van der Waals surface area contributed by atoms with Crippen LogP contribution in [-0.4, -0.2) is 33.2 Å². The summed E-state index contributed by atoms with van der Waals surface area (Å²) in [6.07, 6.45) is 0. The Hall–Kier alpha value is -3.68. The lowest BCUT2D eigenvalue weighted by molar-refractivity contribution is -0.113. The van der Waals surface area contributed by atoms with Crippen molar-refractivity contribution in [3.63, 3.8) is 0 Å². The average Bonchev–Trinajstić information content (AvgIpc) is 3.15. The van der Waals surface area contributed by atoms with Gasteiger partial charge in [-0.2, -0.15) is 4.68 Å². The Morgan fingerprint density at radius 2 is 1.89 bits per heavy atom. The van der Waals surface area contributed by atoms with Crippen LogP contribution in [0.2, 0.25) is 0 Å². The molecule has 1 aliphatic heterocycles. The molecule has 0 radical (unpaired) electrons. The minimum atomic E-state index is -0.453. The highest BCUT2D eigenvalue weighted by molar-refractivity contribution is 6.05. The molecule has 27 heavy (non-hydrogen) atoms. The van der Waals surface area contributed by atoms with E-state index in [9.17, 15) is 4.79 Å². The Morgan fingerprint density at radius 1 is 1.15 bits per heavy atom. The first-order valence-corrected chi connectivity index (χ1v) is 8.43. The number of carbonyl (C=O) groups excluding carboxylic acids is 1. The number of amides is 1. The molecule has 2 aromatic carbocycles. The quantitative estimate of drug-likeness (QED) is 0.741. The number of methoxy groups -OCH3 is 1. The molecule has 1 aromatic heterocycles. The van der Waals surface area contributed by atoms with Gasteiger partial charge in [-0.25, -0.2) is 0 Å². The number of para-hydroxylation sites is 1. The maximum Gasteiger partial charge on any atom is 0.255 e. The minimum absolute atomic E-state index is 0.215. The molecule has 2 N–H and O–H groups in total. The van der Waals surface area contributed by atoms with Crippen LogP contribution in [0.15, 0.2) is 65.9 Å². The summed E-state index contributed by atoms with van der Waals surface area (Å²) < 4.78 is 6.84. The van der Waals surface area contributed by atoms with E-state index in [0.29, 0.717) is 17.2 Å². The largest absolute Gasteiger partial charge is 0.497 e. The summed E-state index contributed by atoms with van der Waals surface area (Å²) >= 11 is 0. The molecule has 4 rings (SSSR count). The normalized spacial score (nSPS) is 15.7. The summed E-state index contributed by atoms with van der Waals surface area (Å²) in [6.45, 7) is 1.84. The number of allylic oxidation sites excluding steroid dienone is 1. The van der Waals surface area contributed by atoms with E-state index >= 15 is 0 Å². The zero-order valence-corrected chi connectivity index (χ0v) is 14.9. The van der Waals surface area contributed by atoms with E-state index in [1.807, 2.05) is 61.5 Å². The fourth-order valence-corrected chi connectivity index (χ4v) is 3.12. The molecule has 2 heterocycles. The Kier molecular flexibility index (Phi) is 4.29. The van der Waals surface area contributed by atoms with Crippen molar-refractivity contribution in [1.82, 2.24) is 20.2 Å². The molecule has 0 spiro atoms. The summed E-state index contributed by atoms with van der Waals surface area (Å²) in [7, 11) is 1.61. The fourth-order valence-electron chi connectivity index (χ4n) is 3.12. The molecule has 8 nitrogen and oxygen atoms in total. The monoisotopic (exact) mass is 362 g/mol. The predicted molar refractivity (Wildman–Crippen MR) is 100 cm³/mol. The number of rotatable bonds is 4. The van der Waals surface area contributed by atoms with Gasteiger partial charge in [0.2, 0.25) is 5.95 Å². The molecular formula is C19H18N6O2. The van der Waals surface area contributed by atoms with Gasteiger partial charge in [-0.3, -0.25) is 4.79 Å². The van der Waals surface area contributed by atoms with Crippen LogP contribution in [0, 0.1) is 0 Å². The molecule has 3 aromatic rings. The number of nitrogens with zero attached hydrogens (tertiary/aromatic N) is 4. The number of hydrogen-bond donors (Lipinski definition) is 2. The van der Waals surface area contributed by atoms with Crippen LogP contribution in [0.1, 0.15) is 18.5 Å². The third kappa shape index (κ3) is 3.12. The Bertz CT molecular complexity index is 995. The molecular weight excluding hydrogens is 344 g/mol. The molecule has 0 bridgehead atoms. The predicted octanol–water partition coefficient (Wildman–Crippen LogP) is 2.61. The van der Waals surface area contributed by atoms with Crippen LogP contribution in [0.3, 0.4) is 0 Å². The van der Waals surface area contributed by atoms with Gasteiger partial charge in [-0.1, -0.05) is 35.4 Å². The van der Waals surface area contributed by atoms with Crippen molar-refractivity contribution in [2.75, 3.05) is 17.7 Å². The average molecular weight is 362 g/mol. The molecule has 1 unspecified atom stereocenters. The fraction of sp³-hybridized carbons (Fsp3) is 0.158. The lowest BCUT2D eigenvalue weighted by Gasteiger charge is -2.28. The highest BCUT2D eigenvalue weighted by Crippen LogP contribution is 2.35. The van der Waals surface area contributed by atoms with Gasteiger partial charge < -0.3 is 15.4 Å². The SMILES string of the molecule is COc1ccc(C2C(C(=O)Nc3ccccc3)=C(C)Nc3nnnn32)cc1. The lowest BCUT2D eigenvalue weighted by atomic mass is 9.95. The molecule has 0 saturated heterocycles. The number of benzene rings is 2. The van der Waals surface area contributed by atoms with Crippen LogP contribution in [-0.2, 0) is 4.79 Å². The van der Waals surface area contributed by atoms with Gasteiger partial charge in [0, 0.05) is 11.4 Å². The summed E-state index contributed by atoms with van der Waals surface area (Å²) in [5.41, 5.74) is 2.84. The number of carbonyl (C=O) groups is 1. The van der Waals surface area contributed by atoms with Crippen molar-refractivity contribution in [3.8, 4) is 5.75 Å². The second-order valence-electron chi connectivity index (χ2n) is 6.11. The first-order valence-electron chi connectivity index (χ1n) is 8.43. The molecule has 1 amide bonds. The molecule has 1 atom stereocenters. The van der Waals surface area contributed by atoms with E-state index in [2.05, 4.69) is 26.2 Å². The van der Waals surface area contributed by atoms with E-state index in [4.69, 9.17) is 4.74 Å². The topological polar surface area (TPSA) is 94.0 Å². The number of tetrazole rings is 1. The zero-order valence-electron chi connectivity index (χ0n) is 14.9. The molecule has 0 fully saturated rings. The van der Waals surface area contributed by atoms with E-state index in [1.165, 1.54) is 0 Å². The van der Waals surface area contributed by atoms with Crippen molar-refractivity contribution >= 4 is 17.5 Å². The highest BCUT2D eigenvalue weighted by Gasteiger charge is 2.34. The molecule has 0 saturated carbocycles. The number of fused-ring (bicyclic) bond motifs is 1. The first-order chi connectivity index (χ1) is 13.2. The van der Waals surface area contributed by atoms with Crippen molar-refractivity contribution in [2.24, 2.45) is 0 Å². The number of aromatic nitrogens is 4. The van der Waals surface area contributed by atoms with Crippen LogP contribution < -0.4 is 15.4 Å². The van der Waals surface area contributed by atoms with E-state index in [0.717, 1.165) is 17.0 Å². The van der Waals surface area contributed by atoms with Gasteiger partial charge in [0.05, 0.1) is 12.7 Å². The number of nitrogens with one attached hydrogen (secondary N) is 2. The van der Waals surface area contributed by atoms with Crippen molar-refractivity contribution in [1.29, 1.82) is 0 Å². The smallest absolute Gasteiger partial charge is 0.255 e. The van der Waals surface area contributed by atoms with Crippen molar-refractivity contribution in [3.05, 3.63) is 71.4 Å². The van der Waals surface area contributed by atoms with Crippen molar-refractivity contribution < 1.29 is 9.53 Å². The minimum Gasteiger partial charge on any atom is -0.497 e. The van der Waals surface area contributed by atoms with Gasteiger partial charge in [0.15, 0.2) is 0 Å². The van der Waals surface area contributed by atoms with Crippen LogP contribution in [0.5, 0.6) is 5.75 Å². The van der Waals surface area contributed by atoms with Gasteiger partial charge in [0.25, 0.3) is 5.91 Å². The third-order valence-electron chi connectivity index (χ3n) is 4.42. The highest BCUT2D eigenvalue weighted by atomic mass is 16.5. The van der Waals surface area contributed by atoms with Gasteiger partial charge in [-0.05, 0) is 47.2 Å². The van der Waals surface area contributed by atoms with Crippen LogP contribution in [0.25, 0.3) is 0 Å². The second kappa shape index (κ2) is 6.91. The standard InChI is InChI=1S/C19H18N6O2/c1-12-16(18(26)21-14-6-4-3-5-7-14)17(25-19(20-12)22-23-24-25)13-8-10-15(27-2)11-9-13/h3-11,17H,1-2H3,(H,21,26)(H,20,22,24). The van der Waals surface area contributed by atoms with E-state index < -0.39 is 6.04 Å². The van der Waals surface area contributed by atoms with Crippen molar-refractivity contribution in [2.45, 2.75) is 13.0 Å². The van der Waals surface area contributed by atoms with E-state index in [-0.39, 0.29) is 5.91 Å². The molecule has 0 aliphatic carbocycles. The van der Waals surface area contributed by atoms with Crippen LogP contribution in [0.4, 0.5) is 11.6 Å². The molecule has 8 heteroatoms. The third-order valence-corrected chi connectivity index (χ3v) is 4.42. The zero-order chi connectivity index (χ0) is 18.8. The first kappa shape index (κ1) is 16.8.